The Bertz CT molecular complexity index is 752. The van der Waals surface area contributed by atoms with Gasteiger partial charge in [-0.15, -0.1) is 0 Å². The van der Waals surface area contributed by atoms with Gasteiger partial charge < -0.3 is 14.8 Å². The highest BCUT2D eigenvalue weighted by molar-refractivity contribution is 5.80. The first-order valence-corrected chi connectivity index (χ1v) is 9.80. The van der Waals surface area contributed by atoms with Crippen LogP contribution >= 0.6 is 0 Å². The van der Waals surface area contributed by atoms with Crippen molar-refractivity contribution in [1.82, 2.24) is 19.8 Å². The third-order valence-electron chi connectivity index (χ3n) is 5.99. The first-order chi connectivity index (χ1) is 12.8. The molecule has 2 heterocycles. The molecule has 1 atom stereocenters. The van der Waals surface area contributed by atoms with Gasteiger partial charge in [-0.2, -0.15) is 0 Å². The highest BCUT2D eigenvalue weighted by atomic mass is 15.3. The molecule has 1 N–H and O–H groups in total. The molecule has 26 heavy (non-hydrogen) atoms. The summed E-state index contributed by atoms with van der Waals surface area (Å²) in [5.74, 6) is 1.03. The van der Waals surface area contributed by atoms with Gasteiger partial charge in [0, 0.05) is 51.0 Å². The standard InChI is InChI=1S/C21H29N5/c1-22-20(24-12-15-25-14-11-23-17-25)26-13-5-10-21(16-26)9-4-7-18-6-2-3-8-19(18)21/h2-3,6,8,11,14,17H,4-5,7,9-10,12-13,15-16H2,1H3,(H,22,24). The number of aliphatic imine (C=N–C) groups is 1. The number of guanidine groups is 1. The topological polar surface area (TPSA) is 45.5 Å². The lowest BCUT2D eigenvalue weighted by molar-refractivity contribution is 0.188. The van der Waals surface area contributed by atoms with Crippen LogP contribution < -0.4 is 5.32 Å². The molecule has 0 amide bonds. The minimum absolute atomic E-state index is 0.301. The molecular weight excluding hydrogens is 322 g/mol. The summed E-state index contributed by atoms with van der Waals surface area (Å²) in [6.45, 7) is 3.94. The summed E-state index contributed by atoms with van der Waals surface area (Å²) >= 11 is 0. The number of hydrogen-bond donors (Lipinski definition) is 1. The number of benzene rings is 1. The van der Waals surface area contributed by atoms with E-state index in [2.05, 4.69) is 49.0 Å². The molecule has 0 saturated carbocycles. The molecule has 1 aromatic heterocycles. The van der Waals surface area contributed by atoms with E-state index in [0.29, 0.717) is 5.41 Å². The molecule has 1 aliphatic carbocycles. The zero-order valence-electron chi connectivity index (χ0n) is 15.7. The van der Waals surface area contributed by atoms with Crippen molar-refractivity contribution in [3.05, 3.63) is 54.1 Å². The van der Waals surface area contributed by atoms with E-state index in [4.69, 9.17) is 0 Å². The van der Waals surface area contributed by atoms with Crippen molar-refractivity contribution in [2.24, 2.45) is 4.99 Å². The Balaban J connectivity index is 1.46. The van der Waals surface area contributed by atoms with E-state index in [-0.39, 0.29) is 0 Å². The van der Waals surface area contributed by atoms with Crippen LogP contribution in [0.4, 0.5) is 0 Å². The van der Waals surface area contributed by atoms with Crippen LogP contribution in [-0.4, -0.2) is 47.1 Å². The van der Waals surface area contributed by atoms with E-state index in [9.17, 15) is 0 Å². The Kier molecular flexibility index (Phi) is 4.96. The zero-order chi connectivity index (χ0) is 17.8. The smallest absolute Gasteiger partial charge is 0.193 e. The fraction of sp³-hybridized carbons (Fsp3) is 0.524. The molecule has 1 saturated heterocycles. The first kappa shape index (κ1) is 17.1. The van der Waals surface area contributed by atoms with Crippen molar-refractivity contribution in [3.8, 4) is 0 Å². The van der Waals surface area contributed by atoms with Crippen molar-refractivity contribution >= 4 is 5.96 Å². The van der Waals surface area contributed by atoms with Gasteiger partial charge in [-0.25, -0.2) is 4.98 Å². The minimum Gasteiger partial charge on any atom is -0.354 e. The minimum atomic E-state index is 0.301. The average molecular weight is 351 g/mol. The van der Waals surface area contributed by atoms with Crippen molar-refractivity contribution in [2.45, 2.75) is 44.1 Å². The summed E-state index contributed by atoms with van der Waals surface area (Å²) in [5.41, 5.74) is 3.45. The maximum Gasteiger partial charge on any atom is 0.193 e. The van der Waals surface area contributed by atoms with Gasteiger partial charge in [0.2, 0.25) is 0 Å². The Labute approximate surface area is 156 Å². The Morgan fingerprint density at radius 1 is 1.27 bits per heavy atom. The lowest BCUT2D eigenvalue weighted by Gasteiger charge is -2.47. The number of hydrogen-bond acceptors (Lipinski definition) is 2. The number of nitrogens with one attached hydrogen (secondary N) is 1. The fourth-order valence-electron chi connectivity index (χ4n) is 4.79. The van der Waals surface area contributed by atoms with Gasteiger partial charge in [0.25, 0.3) is 0 Å². The summed E-state index contributed by atoms with van der Waals surface area (Å²) in [5, 5.41) is 3.55. The van der Waals surface area contributed by atoms with Crippen molar-refractivity contribution < 1.29 is 0 Å². The van der Waals surface area contributed by atoms with Crippen LogP contribution in [0, 0.1) is 0 Å². The predicted molar refractivity (Wildman–Crippen MR) is 105 cm³/mol. The van der Waals surface area contributed by atoms with Crippen LogP contribution in [0.5, 0.6) is 0 Å². The summed E-state index contributed by atoms with van der Waals surface area (Å²) in [6, 6.07) is 9.10. The van der Waals surface area contributed by atoms with Crippen LogP contribution in [0.15, 0.2) is 48.0 Å². The maximum atomic E-state index is 4.57. The SMILES string of the molecule is CN=C(NCCn1ccnc1)N1CCCC2(CCCc3ccccc32)C1. The number of aryl methyl sites for hydroxylation is 1. The number of aromatic nitrogens is 2. The van der Waals surface area contributed by atoms with Gasteiger partial charge in [0.05, 0.1) is 6.33 Å². The Morgan fingerprint density at radius 3 is 3.00 bits per heavy atom. The van der Waals surface area contributed by atoms with Crippen molar-refractivity contribution in [3.63, 3.8) is 0 Å². The molecule has 0 bridgehead atoms. The molecule has 1 aromatic carbocycles. The van der Waals surface area contributed by atoms with Gasteiger partial charge in [0.1, 0.15) is 0 Å². The van der Waals surface area contributed by atoms with Crippen LogP contribution in [-0.2, 0) is 18.4 Å². The summed E-state index contributed by atoms with van der Waals surface area (Å²) in [4.78, 5) is 11.1. The first-order valence-electron chi connectivity index (χ1n) is 9.80. The molecule has 2 aromatic rings. The second kappa shape index (κ2) is 7.52. The molecule has 5 nitrogen and oxygen atoms in total. The highest BCUT2D eigenvalue weighted by Gasteiger charge is 2.40. The zero-order valence-corrected chi connectivity index (χ0v) is 15.7. The van der Waals surface area contributed by atoms with Gasteiger partial charge >= 0.3 is 0 Å². The van der Waals surface area contributed by atoms with Gasteiger partial charge in [-0.1, -0.05) is 24.3 Å². The summed E-state index contributed by atoms with van der Waals surface area (Å²) in [6.07, 6.45) is 12.0. The van der Waals surface area contributed by atoms with Crippen molar-refractivity contribution in [1.29, 1.82) is 0 Å². The Morgan fingerprint density at radius 2 is 2.15 bits per heavy atom. The third kappa shape index (κ3) is 3.35. The van der Waals surface area contributed by atoms with Gasteiger partial charge in [-0.05, 0) is 43.2 Å². The van der Waals surface area contributed by atoms with Crippen LogP contribution in [0.2, 0.25) is 0 Å². The molecule has 2 aliphatic rings. The maximum absolute atomic E-state index is 4.57. The second-order valence-corrected chi connectivity index (χ2v) is 7.59. The molecule has 1 fully saturated rings. The number of imidazole rings is 1. The van der Waals surface area contributed by atoms with E-state index in [1.165, 1.54) is 32.1 Å². The fourth-order valence-corrected chi connectivity index (χ4v) is 4.79. The van der Waals surface area contributed by atoms with E-state index in [1.807, 2.05) is 25.8 Å². The molecule has 138 valence electrons. The number of likely N-dealkylation sites (tertiary alicyclic amines) is 1. The molecule has 1 aliphatic heterocycles. The quantitative estimate of drug-likeness (QED) is 0.683. The monoisotopic (exact) mass is 351 g/mol. The normalized spacial score (nSPS) is 23.1. The molecular formula is C21H29N5. The summed E-state index contributed by atoms with van der Waals surface area (Å²) in [7, 11) is 1.90. The van der Waals surface area contributed by atoms with Crippen LogP contribution in [0.3, 0.4) is 0 Å². The van der Waals surface area contributed by atoms with E-state index < -0.39 is 0 Å². The molecule has 1 spiro atoms. The van der Waals surface area contributed by atoms with Crippen LogP contribution in [0.25, 0.3) is 0 Å². The lowest BCUT2D eigenvalue weighted by Crippen LogP contribution is -2.53. The molecule has 1 unspecified atom stereocenters. The highest BCUT2D eigenvalue weighted by Crippen LogP contribution is 2.43. The number of fused-ring (bicyclic) bond motifs is 2. The number of nitrogens with zero attached hydrogens (tertiary/aromatic N) is 4. The third-order valence-corrected chi connectivity index (χ3v) is 5.99. The Hall–Kier alpha value is -2.30. The van der Waals surface area contributed by atoms with Gasteiger partial charge in [0.15, 0.2) is 5.96 Å². The van der Waals surface area contributed by atoms with Gasteiger partial charge in [-0.3, -0.25) is 4.99 Å². The van der Waals surface area contributed by atoms with Crippen LogP contribution in [0.1, 0.15) is 36.8 Å². The average Bonchev–Trinajstić information content (AvgIpc) is 3.19. The molecule has 4 rings (SSSR count). The number of rotatable bonds is 3. The predicted octanol–water partition coefficient (Wildman–Crippen LogP) is 2.83. The molecule has 0 radical (unpaired) electrons. The lowest BCUT2D eigenvalue weighted by atomic mass is 9.66. The molecule has 5 heteroatoms. The van der Waals surface area contributed by atoms with Crippen molar-refractivity contribution in [2.75, 3.05) is 26.7 Å². The van der Waals surface area contributed by atoms with E-state index in [1.54, 1.807) is 11.1 Å². The second-order valence-electron chi connectivity index (χ2n) is 7.59. The largest absolute Gasteiger partial charge is 0.354 e. The van der Waals surface area contributed by atoms with E-state index in [0.717, 1.165) is 32.1 Å². The van der Waals surface area contributed by atoms with E-state index >= 15 is 0 Å². The summed E-state index contributed by atoms with van der Waals surface area (Å²) < 4.78 is 2.09. The number of piperidine rings is 1.